The summed E-state index contributed by atoms with van der Waals surface area (Å²) in [5.41, 5.74) is 2.86. The van der Waals surface area contributed by atoms with Crippen molar-refractivity contribution in [3.63, 3.8) is 0 Å². The molecule has 0 bridgehead atoms. The Labute approximate surface area is 255 Å². The maximum absolute atomic E-state index is 13.7. The lowest BCUT2D eigenvalue weighted by molar-refractivity contribution is -0.141. The Morgan fingerprint density at radius 1 is 0.795 bits per heavy atom. The fourth-order valence-electron chi connectivity index (χ4n) is 7.00. The van der Waals surface area contributed by atoms with Crippen molar-refractivity contribution in [3.8, 4) is 11.1 Å². The molecule has 6 rings (SSSR count). The van der Waals surface area contributed by atoms with Crippen LogP contribution >= 0.6 is 0 Å². The van der Waals surface area contributed by atoms with Gasteiger partial charge >= 0.3 is 6.18 Å². The highest BCUT2D eigenvalue weighted by Gasteiger charge is 2.49. The molecule has 4 aromatic rings. The van der Waals surface area contributed by atoms with Gasteiger partial charge in [0.25, 0.3) is 5.91 Å². The molecule has 44 heavy (non-hydrogen) atoms. The van der Waals surface area contributed by atoms with E-state index in [0.29, 0.717) is 18.4 Å². The third-order valence-corrected chi connectivity index (χ3v) is 9.13. The van der Waals surface area contributed by atoms with E-state index >= 15 is 0 Å². The average Bonchev–Trinajstić information content (AvgIpc) is 3.32. The molecule has 1 aliphatic carbocycles. The van der Waals surface area contributed by atoms with E-state index in [0.717, 1.165) is 71.9 Å². The van der Waals surface area contributed by atoms with E-state index in [-0.39, 0.29) is 11.9 Å². The third kappa shape index (κ3) is 5.95. The first kappa shape index (κ1) is 29.9. The molecule has 1 aliphatic heterocycles. The van der Waals surface area contributed by atoms with Gasteiger partial charge in [0.2, 0.25) is 5.91 Å². The van der Waals surface area contributed by atoms with E-state index in [1.807, 2.05) is 91.0 Å². The van der Waals surface area contributed by atoms with Crippen molar-refractivity contribution in [2.45, 2.75) is 49.7 Å². The van der Waals surface area contributed by atoms with Crippen LogP contribution in [0.15, 0.2) is 91.0 Å². The number of carbonyl (C=O) groups excluding carboxylic acids is 2. The smallest absolute Gasteiger partial charge is 0.349 e. The molecule has 0 aromatic heterocycles. The standard InChI is InChI=1S/C36H36F3N3O2/c37-36(38,39)24-40-34(44)35(31-16-5-3-13-28(31)29-14-4-6-17-32(29)35)20-7-8-21-42-22-18-26(19-23-42)41-33(43)30-15-9-11-25-10-1-2-12-27(25)30/h1-6,9-17,26H,7-8,18-24H2,(H,40,44)(H,41,43). The quantitative estimate of drug-likeness (QED) is 0.207. The van der Waals surface area contributed by atoms with Gasteiger partial charge in [-0.15, -0.1) is 0 Å². The van der Waals surface area contributed by atoms with E-state index < -0.39 is 24.0 Å². The summed E-state index contributed by atoms with van der Waals surface area (Å²) in [5.74, 6) is -0.651. The van der Waals surface area contributed by atoms with Gasteiger partial charge in [-0.25, -0.2) is 0 Å². The lowest BCUT2D eigenvalue weighted by atomic mass is 9.73. The number of likely N-dealkylation sites (tertiary alicyclic amines) is 1. The van der Waals surface area contributed by atoms with E-state index in [9.17, 15) is 22.8 Å². The van der Waals surface area contributed by atoms with Gasteiger partial charge in [-0.2, -0.15) is 13.2 Å². The number of rotatable bonds is 9. The minimum atomic E-state index is -4.49. The van der Waals surface area contributed by atoms with Crippen LogP contribution < -0.4 is 10.6 Å². The summed E-state index contributed by atoms with van der Waals surface area (Å²) in [7, 11) is 0. The molecule has 0 saturated carbocycles. The molecular formula is C36H36F3N3O2. The predicted octanol–water partition coefficient (Wildman–Crippen LogP) is 6.85. The van der Waals surface area contributed by atoms with Crippen molar-refractivity contribution in [2.24, 2.45) is 0 Å². The molecule has 0 radical (unpaired) electrons. The molecule has 1 fully saturated rings. The van der Waals surface area contributed by atoms with Gasteiger partial charge in [0.1, 0.15) is 12.0 Å². The second-order valence-electron chi connectivity index (χ2n) is 11.9. The fraction of sp³-hybridized carbons (Fsp3) is 0.333. The SMILES string of the molecule is O=C(NC1CCN(CCCCC2(C(=O)NCC(F)(F)F)c3ccccc3-c3ccccc32)CC1)c1cccc2ccccc12. The normalized spacial score (nSPS) is 16.3. The third-order valence-electron chi connectivity index (χ3n) is 9.13. The Balaban J connectivity index is 1.07. The monoisotopic (exact) mass is 599 g/mol. The number of halogens is 3. The Morgan fingerprint density at radius 2 is 1.41 bits per heavy atom. The number of fused-ring (bicyclic) bond motifs is 4. The van der Waals surface area contributed by atoms with Gasteiger partial charge in [-0.05, 0) is 71.3 Å². The van der Waals surface area contributed by atoms with Crippen molar-refractivity contribution in [2.75, 3.05) is 26.2 Å². The van der Waals surface area contributed by atoms with Gasteiger partial charge in [0, 0.05) is 24.7 Å². The second-order valence-corrected chi connectivity index (χ2v) is 11.9. The summed E-state index contributed by atoms with van der Waals surface area (Å²) in [6.45, 7) is 1.17. The summed E-state index contributed by atoms with van der Waals surface area (Å²) < 4.78 is 39.4. The molecule has 0 atom stereocenters. The number of hydrogen-bond donors (Lipinski definition) is 2. The van der Waals surface area contributed by atoms with Crippen molar-refractivity contribution in [1.82, 2.24) is 15.5 Å². The molecule has 8 heteroatoms. The molecule has 2 N–H and O–H groups in total. The number of piperidine rings is 1. The van der Waals surface area contributed by atoms with Gasteiger partial charge in [0.05, 0.1) is 0 Å². The lowest BCUT2D eigenvalue weighted by Gasteiger charge is -2.33. The first-order valence-electron chi connectivity index (χ1n) is 15.3. The van der Waals surface area contributed by atoms with Gasteiger partial charge in [-0.1, -0.05) is 91.3 Å². The predicted molar refractivity (Wildman–Crippen MR) is 166 cm³/mol. The highest BCUT2D eigenvalue weighted by Crippen LogP contribution is 2.51. The minimum absolute atomic E-state index is 0.0496. The van der Waals surface area contributed by atoms with Crippen molar-refractivity contribution in [3.05, 3.63) is 108 Å². The zero-order valence-corrected chi connectivity index (χ0v) is 24.5. The van der Waals surface area contributed by atoms with Crippen LogP contribution in [0.1, 0.15) is 53.6 Å². The molecule has 0 spiro atoms. The van der Waals surface area contributed by atoms with Crippen molar-refractivity contribution in [1.29, 1.82) is 0 Å². The first-order chi connectivity index (χ1) is 21.3. The number of alkyl halides is 3. The number of benzene rings is 4. The summed E-state index contributed by atoms with van der Waals surface area (Å²) >= 11 is 0. The van der Waals surface area contributed by atoms with Crippen LogP contribution in [0.4, 0.5) is 13.2 Å². The maximum Gasteiger partial charge on any atom is 0.405 e. The van der Waals surface area contributed by atoms with E-state index in [1.54, 1.807) is 0 Å². The van der Waals surface area contributed by atoms with Crippen LogP contribution in [0.3, 0.4) is 0 Å². The van der Waals surface area contributed by atoms with E-state index in [2.05, 4.69) is 15.5 Å². The van der Waals surface area contributed by atoms with Crippen LogP contribution in [0.2, 0.25) is 0 Å². The van der Waals surface area contributed by atoms with Crippen molar-refractivity contribution >= 4 is 22.6 Å². The Morgan fingerprint density at radius 3 is 2.09 bits per heavy atom. The summed E-state index contributed by atoms with van der Waals surface area (Å²) in [6, 6.07) is 28.9. The number of carbonyl (C=O) groups is 2. The summed E-state index contributed by atoms with van der Waals surface area (Å²) in [6.07, 6.45) is -0.884. The molecule has 2 amide bonds. The number of hydrogen-bond acceptors (Lipinski definition) is 3. The Bertz CT molecular complexity index is 1610. The molecule has 4 aromatic carbocycles. The van der Waals surface area contributed by atoms with Gasteiger partial charge < -0.3 is 15.5 Å². The number of nitrogens with zero attached hydrogens (tertiary/aromatic N) is 1. The average molecular weight is 600 g/mol. The summed E-state index contributed by atoms with van der Waals surface area (Å²) in [4.78, 5) is 29.1. The molecule has 5 nitrogen and oxygen atoms in total. The van der Waals surface area contributed by atoms with E-state index in [1.165, 1.54) is 0 Å². The molecule has 1 saturated heterocycles. The Kier molecular flexibility index (Phi) is 8.45. The topological polar surface area (TPSA) is 61.4 Å². The zero-order chi connectivity index (χ0) is 30.7. The van der Waals surface area contributed by atoms with Crippen LogP contribution in [-0.2, 0) is 10.2 Å². The maximum atomic E-state index is 13.7. The Hall–Kier alpha value is -4.17. The molecule has 2 aliphatic rings. The number of amides is 2. The second kappa shape index (κ2) is 12.4. The number of nitrogens with one attached hydrogen (secondary N) is 2. The molecule has 0 unspecified atom stereocenters. The van der Waals surface area contributed by atoms with E-state index in [4.69, 9.17) is 0 Å². The minimum Gasteiger partial charge on any atom is -0.349 e. The van der Waals surface area contributed by atoms with Gasteiger partial charge in [0.15, 0.2) is 0 Å². The fourth-order valence-corrected chi connectivity index (χ4v) is 7.00. The van der Waals surface area contributed by atoms with Crippen molar-refractivity contribution < 1.29 is 22.8 Å². The van der Waals surface area contributed by atoms with Crippen LogP contribution in [0.25, 0.3) is 21.9 Å². The highest BCUT2D eigenvalue weighted by molar-refractivity contribution is 6.07. The zero-order valence-electron chi connectivity index (χ0n) is 24.5. The summed E-state index contributed by atoms with van der Waals surface area (Å²) in [5, 5.41) is 7.42. The largest absolute Gasteiger partial charge is 0.405 e. The highest BCUT2D eigenvalue weighted by atomic mass is 19.4. The van der Waals surface area contributed by atoms with Crippen LogP contribution in [0.5, 0.6) is 0 Å². The van der Waals surface area contributed by atoms with Crippen LogP contribution in [0, 0.1) is 0 Å². The number of unbranched alkanes of at least 4 members (excludes halogenated alkanes) is 1. The molecule has 1 heterocycles. The lowest BCUT2D eigenvalue weighted by Crippen LogP contribution is -2.47. The first-order valence-corrected chi connectivity index (χ1v) is 15.3. The molecular weight excluding hydrogens is 563 g/mol. The molecule has 228 valence electrons. The van der Waals surface area contributed by atoms with Crippen LogP contribution in [-0.4, -0.2) is 55.1 Å². The van der Waals surface area contributed by atoms with Gasteiger partial charge in [-0.3, -0.25) is 9.59 Å².